The third-order valence-corrected chi connectivity index (χ3v) is 8.21. The highest BCUT2D eigenvalue weighted by molar-refractivity contribution is 5.94. The van der Waals surface area contributed by atoms with Gasteiger partial charge < -0.3 is 4.90 Å². The number of allylic oxidation sites excluding steroid dienone is 1. The molecule has 3 aliphatic rings. The molecule has 1 heterocycles. The molecule has 2 aliphatic carbocycles. The van der Waals surface area contributed by atoms with Crippen molar-refractivity contribution in [1.29, 1.82) is 0 Å². The fraction of sp³-hybridized carbons (Fsp3) is 0.464. The number of carbonyl (C=O) groups excluding carboxylic acids is 1. The van der Waals surface area contributed by atoms with Gasteiger partial charge >= 0.3 is 6.18 Å². The number of hydrogen-bond donors (Lipinski definition) is 0. The molecular formula is C28H28F5NO. The zero-order valence-electron chi connectivity index (χ0n) is 19.6. The van der Waals surface area contributed by atoms with Crippen molar-refractivity contribution in [1.82, 2.24) is 4.90 Å². The molecule has 1 aliphatic heterocycles. The van der Waals surface area contributed by atoms with Gasteiger partial charge in [0.15, 0.2) is 0 Å². The van der Waals surface area contributed by atoms with Gasteiger partial charge in [0, 0.05) is 24.1 Å². The molecule has 1 fully saturated rings. The van der Waals surface area contributed by atoms with Crippen LogP contribution in [0, 0.1) is 11.7 Å². The molecule has 5 rings (SSSR count). The van der Waals surface area contributed by atoms with Crippen LogP contribution in [-0.2, 0) is 28.7 Å². The summed E-state index contributed by atoms with van der Waals surface area (Å²) in [6.45, 7) is 1.56. The fourth-order valence-corrected chi connectivity index (χ4v) is 6.20. The first-order valence-electron chi connectivity index (χ1n) is 12.1. The van der Waals surface area contributed by atoms with Crippen LogP contribution in [0.25, 0.3) is 0 Å². The summed E-state index contributed by atoms with van der Waals surface area (Å²) < 4.78 is 68.5. The van der Waals surface area contributed by atoms with Crippen molar-refractivity contribution in [2.24, 2.45) is 5.92 Å². The maximum atomic E-state index is 14.8. The molecule has 0 radical (unpaired) electrons. The van der Waals surface area contributed by atoms with Gasteiger partial charge in [-0.25, -0.2) is 8.78 Å². The zero-order chi connectivity index (χ0) is 25.0. The molecule has 0 bridgehead atoms. The molecule has 0 aromatic heterocycles. The molecule has 0 saturated carbocycles. The smallest absolute Gasteiger partial charge is 0.338 e. The summed E-state index contributed by atoms with van der Waals surface area (Å²) >= 11 is 0. The molecular weight excluding hydrogens is 461 g/mol. The number of carbonyl (C=O) groups is 1. The summed E-state index contributed by atoms with van der Waals surface area (Å²) in [5.41, 5.74) is -1.08. The quantitative estimate of drug-likeness (QED) is 0.445. The van der Waals surface area contributed by atoms with E-state index in [1.807, 2.05) is 11.0 Å². The third-order valence-electron chi connectivity index (χ3n) is 8.21. The second-order valence-corrected chi connectivity index (χ2v) is 10.4. The van der Waals surface area contributed by atoms with E-state index in [1.165, 1.54) is 24.3 Å². The average Bonchev–Trinajstić information content (AvgIpc) is 3.47. The number of alkyl halides is 4. The number of benzene rings is 2. The SMILES string of the molecule is CC(F)(c1ccc2c(c1)CCC1CN(C(=O)C3=CCCC3)CC21Cc1ccc(F)cc1)C(F)(F)F. The fourth-order valence-electron chi connectivity index (χ4n) is 6.20. The summed E-state index contributed by atoms with van der Waals surface area (Å²) in [4.78, 5) is 15.2. The largest absolute Gasteiger partial charge is 0.426 e. The number of halogens is 5. The van der Waals surface area contributed by atoms with Crippen LogP contribution in [0.3, 0.4) is 0 Å². The van der Waals surface area contributed by atoms with Crippen LogP contribution in [0.15, 0.2) is 54.1 Å². The van der Waals surface area contributed by atoms with Gasteiger partial charge in [0.05, 0.1) is 0 Å². The molecule has 3 unspecified atom stereocenters. The highest BCUT2D eigenvalue weighted by Crippen LogP contribution is 2.51. The molecule has 1 amide bonds. The molecule has 7 heteroatoms. The van der Waals surface area contributed by atoms with Crippen molar-refractivity contribution in [2.45, 2.75) is 62.7 Å². The Kier molecular flexibility index (Phi) is 5.80. The predicted molar refractivity (Wildman–Crippen MR) is 123 cm³/mol. The lowest BCUT2D eigenvalue weighted by atomic mass is 9.62. The first-order chi connectivity index (χ1) is 16.5. The number of aryl methyl sites for hydroxylation is 1. The third kappa shape index (κ3) is 4.07. The minimum atomic E-state index is -5.02. The zero-order valence-corrected chi connectivity index (χ0v) is 19.6. The Morgan fingerprint density at radius 2 is 1.83 bits per heavy atom. The van der Waals surface area contributed by atoms with Crippen LogP contribution in [0.4, 0.5) is 22.0 Å². The number of amides is 1. The molecule has 1 saturated heterocycles. The molecule has 2 aromatic carbocycles. The Morgan fingerprint density at radius 1 is 1.09 bits per heavy atom. The van der Waals surface area contributed by atoms with Crippen LogP contribution in [0.1, 0.15) is 54.9 Å². The monoisotopic (exact) mass is 489 g/mol. The summed E-state index contributed by atoms with van der Waals surface area (Å²) in [7, 11) is 0. The van der Waals surface area contributed by atoms with E-state index < -0.39 is 22.8 Å². The van der Waals surface area contributed by atoms with E-state index in [9.17, 15) is 26.7 Å². The van der Waals surface area contributed by atoms with Crippen molar-refractivity contribution >= 4 is 5.91 Å². The second kappa shape index (κ2) is 8.45. The maximum absolute atomic E-state index is 14.8. The lowest BCUT2D eigenvalue weighted by molar-refractivity contribution is -0.228. The van der Waals surface area contributed by atoms with Crippen LogP contribution in [0.5, 0.6) is 0 Å². The molecule has 35 heavy (non-hydrogen) atoms. The normalized spacial score (nSPS) is 25.6. The first-order valence-corrected chi connectivity index (χ1v) is 12.1. The van der Waals surface area contributed by atoms with E-state index in [-0.39, 0.29) is 17.6 Å². The van der Waals surface area contributed by atoms with Crippen molar-refractivity contribution in [3.63, 3.8) is 0 Å². The lowest BCUT2D eigenvalue weighted by Gasteiger charge is -2.41. The standard InChI is InChI=1S/C28H28F5NO/c1-26(30,28(31,32)33)21-10-13-24-20(14-21)8-9-22-16-34(25(35)19-4-2-3-5-19)17-27(22,24)15-18-6-11-23(29)12-7-18/h4,6-7,10-14,22H,2-3,5,8-9,15-17H2,1H3. The summed E-state index contributed by atoms with van der Waals surface area (Å²) in [6.07, 6.45) is 1.34. The Hall–Kier alpha value is -2.70. The average molecular weight is 490 g/mol. The van der Waals surface area contributed by atoms with Crippen LogP contribution in [-0.4, -0.2) is 30.1 Å². The number of fused-ring (bicyclic) bond motifs is 3. The lowest BCUT2D eigenvalue weighted by Crippen LogP contribution is -2.42. The first kappa shape index (κ1) is 24.0. The molecule has 0 spiro atoms. The summed E-state index contributed by atoms with van der Waals surface area (Å²) in [5.74, 6) is -0.208. The van der Waals surface area contributed by atoms with Crippen LogP contribution >= 0.6 is 0 Å². The predicted octanol–water partition coefficient (Wildman–Crippen LogP) is 6.57. The summed E-state index contributed by atoms with van der Waals surface area (Å²) in [5, 5.41) is 0. The van der Waals surface area contributed by atoms with Gasteiger partial charge in [-0.1, -0.05) is 36.4 Å². The number of nitrogens with zero attached hydrogens (tertiary/aromatic N) is 1. The van der Waals surface area contributed by atoms with E-state index in [0.29, 0.717) is 44.8 Å². The van der Waals surface area contributed by atoms with E-state index >= 15 is 0 Å². The van der Waals surface area contributed by atoms with Gasteiger partial charge in [0.2, 0.25) is 11.6 Å². The Morgan fingerprint density at radius 3 is 2.49 bits per heavy atom. The molecule has 0 N–H and O–H groups in total. The molecule has 3 atom stereocenters. The highest BCUT2D eigenvalue weighted by atomic mass is 19.4. The Bertz CT molecular complexity index is 1170. The van der Waals surface area contributed by atoms with Gasteiger partial charge in [0.1, 0.15) is 5.82 Å². The topological polar surface area (TPSA) is 20.3 Å². The van der Waals surface area contributed by atoms with Gasteiger partial charge in [-0.15, -0.1) is 0 Å². The Balaban J connectivity index is 1.56. The van der Waals surface area contributed by atoms with Crippen molar-refractivity contribution in [3.05, 3.63) is 82.2 Å². The molecule has 186 valence electrons. The van der Waals surface area contributed by atoms with E-state index in [4.69, 9.17) is 0 Å². The van der Waals surface area contributed by atoms with E-state index in [2.05, 4.69) is 0 Å². The van der Waals surface area contributed by atoms with Crippen molar-refractivity contribution < 1.29 is 26.7 Å². The number of hydrogen-bond acceptors (Lipinski definition) is 1. The van der Waals surface area contributed by atoms with Crippen LogP contribution < -0.4 is 0 Å². The second-order valence-electron chi connectivity index (χ2n) is 10.4. The van der Waals surface area contributed by atoms with Gasteiger partial charge in [-0.2, -0.15) is 13.2 Å². The van der Waals surface area contributed by atoms with Gasteiger partial charge in [-0.05, 0) is 85.8 Å². The molecule has 2 nitrogen and oxygen atoms in total. The van der Waals surface area contributed by atoms with Crippen molar-refractivity contribution in [3.8, 4) is 0 Å². The minimum absolute atomic E-state index is 0.0296. The van der Waals surface area contributed by atoms with Crippen molar-refractivity contribution in [2.75, 3.05) is 13.1 Å². The molecule has 2 aromatic rings. The maximum Gasteiger partial charge on any atom is 0.426 e. The minimum Gasteiger partial charge on any atom is -0.338 e. The highest BCUT2D eigenvalue weighted by Gasteiger charge is 2.55. The van der Waals surface area contributed by atoms with Crippen LogP contribution in [0.2, 0.25) is 0 Å². The van der Waals surface area contributed by atoms with E-state index in [1.54, 1.807) is 18.2 Å². The summed E-state index contributed by atoms with van der Waals surface area (Å²) in [6, 6.07) is 10.5. The number of likely N-dealkylation sites (tertiary alicyclic amines) is 1. The Labute approximate surface area is 201 Å². The van der Waals surface area contributed by atoms with Gasteiger partial charge in [0.25, 0.3) is 0 Å². The van der Waals surface area contributed by atoms with Gasteiger partial charge in [-0.3, -0.25) is 4.79 Å². The number of rotatable bonds is 4. The van der Waals surface area contributed by atoms with E-state index in [0.717, 1.165) is 36.0 Å².